The lowest BCUT2D eigenvalue weighted by atomic mass is 9.93. The average molecular weight is 307 g/mol. The minimum atomic E-state index is 0.252. The lowest BCUT2D eigenvalue weighted by Crippen LogP contribution is -2.02. The Morgan fingerprint density at radius 2 is 1.82 bits per heavy atom. The molecule has 0 aliphatic rings. The van der Waals surface area contributed by atoms with E-state index < -0.39 is 0 Å². The van der Waals surface area contributed by atoms with Crippen LogP contribution in [0.4, 0.5) is 0 Å². The van der Waals surface area contributed by atoms with Crippen LogP contribution in [0.25, 0.3) is 22.2 Å². The highest BCUT2D eigenvalue weighted by atomic mass is 35.5. The molecule has 0 atom stereocenters. The van der Waals surface area contributed by atoms with Gasteiger partial charge in [-0.2, -0.15) is 0 Å². The van der Waals surface area contributed by atoms with Gasteiger partial charge >= 0.3 is 0 Å². The Morgan fingerprint density at radius 3 is 2.55 bits per heavy atom. The normalized spacial score (nSPS) is 11.0. The second-order valence-corrected chi connectivity index (χ2v) is 5.76. The van der Waals surface area contributed by atoms with Crippen LogP contribution in [-0.2, 0) is 6.42 Å². The van der Waals surface area contributed by atoms with Crippen molar-refractivity contribution < 1.29 is 0 Å². The lowest BCUT2D eigenvalue weighted by molar-refractivity contribution is 0.795. The van der Waals surface area contributed by atoms with Crippen molar-refractivity contribution in [3.63, 3.8) is 0 Å². The van der Waals surface area contributed by atoms with E-state index >= 15 is 0 Å². The van der Waals surface area contributed by atoms with Crippen molar-refractivity contribution in [2.75, 3.05) is 0 Å². The molecule has 2 aromatic carbocycles. The van der Waals surface area contributed by atoms with E-state index in [0.29, 0.717) is 5.46 Å². The van der Waals surface area contributed by atoms with E-state index in [0.717, 1.165) is 28.6 Å². The molecular formula is C18H16BClN2. The minimum Gasteiger partial charge on any atom is -0.218 e. The Morgan fingerprint density at radius 1 is 1.05 bits per heavy atom. The summed E-state index contributed by atoms with van der Waals surface area (Å²) in [7, 11) is 5.90. The Bertz CT molecular complexity index is 800. The predicted octanol–water partition coefficient (Wildman–Crippen LogP) is 4.09. The van der Waals surface area contributed by atoms with Gasteiger partial charge in [0.05, 0.1) is 11.2 Å². The van der Waals surface area contributed by atoms with Gasteiger partial charge in [-0.3, -0.25) is 0 Å². The van der Waals surface area contributed by atoms with Crippen molar-refractivity contribution in [3.05, 3.63) is 53.3 Å². The van der Waals surface area contributed by atoms with Crippen molar-refractivity contribution in [2.45, 2.75) is 26.2 Å². The standard InChI is InChI=1S/C18H16BClN2/c1-2-3-4-12-5-7-13(8-6-12)17-15-11-14(19)9-10-16(15)21-18(20)22-17/h5-11H,2-4H2,1H3. The molecule has 1 aromatic heterocycles. The van der Waals surface area contributed by atoms with E-state index in [4.69, 9.17) is 19.4 Å². The highest BCUT2D eigenvalue weighted by Crippen LogP contribution is 2.27. The SMILES string of the molecule is [B]c1ccc2nc(Cl)nc(-c3ccc(CCCC)cc3)c2c1. The summed E-state index contributed by atoms with van der Waals surface area (Å²) < 4.78 is 0. The van der Waals surface area contributed by atoms with Crippen molar-refractivity contribution in [3.8, 4) is 11.3 Å². The fourth-order valence-corrected chi connectivity index (χ4v) is 2.72. The Kier molecular flexibility index (Phi) is 4.44. The van der Waals surface area contributed by atoms with Crippen LogP contribution >= 0.6 is 11.6 Å². The number of fused-ring (bicyclic) bond motifs is 1. The molecule has 4 heteroatoms. The van der Waals surface area contributed by atoms with Gasteiger partial charge < -0.3 is 0 Å². The highest BCUT2D eigenvalue weighted by molar-refractivity contribution is 6.33. The van der Waals surface area contributed by atoms with E-state index in [2.05, 4.69) is 41.2 Å². The summed E-state index contributed by atoms with van der Waals surface area (Å²) in [6, 6.07) is 14.1. The summed E-state index contributed by atoms with van der Waals surface area (Å²) in [5.74, 6) is 0. The largest absolute Gasteiger partial charge is 0.223 e. The molecule has 1 heterocycles. The van der Waals surface area contributed by atoms with E-state index in [1.165, 1.54) is 18.4 Å². The van der Waals surface area contributed by atoms with Gasteiger partial charge in [0, 0.05) is 10.9 Å². The van der Waals surface area contributed by atoms with Gasteiger partial charge in [-0.15, -0.1) is 0 Å². The number of aromatic nitrogens is 2. The molecule has 0 bridgehead atoms. The van der Waals surface area contributed by atoms with Crippen molar-refractivity contribution >= 4 is 35.8 Å². The summed E-state index contributed by atoms with van der Waals surface area (Å²) in [5, 5.41) is 1.17. The van der Waals surface area contributed by atoms with Gasteiger partial charge in [0.15, 0.2) is 0 Å². The molecule has 2 nitrogen and oxygen atoms in total. The highest BCUT2D eigenvalue weighted by Gasteiger charge is 2.09. The third-order valence-electron chi connectivity index (χ3n) is 3.74. The second kappa shape index (κ2) is 6.49. The maximum absolute atomic E-state index is 6.06. The van der Waals surface area contributed by atoms with Gasteiger partial charge in [0.25, 0.3) is 0 Å². The number of rotatable bonds is 4. The van der Waals surface area contributed by atoms with Crippen LogP contribution in [-0.4, -0.2) is 17.8 Å². The Hall–Kier alpha value is -1.87. The first-order chi connectivity index (χ1) is 10.7. The molecular weight excluding hydrogens is 290 g/mol. The third-order valence-corrected chi connectivity index (χ3v) is 3.91. The number of nitrogens with zero attached hydrogens (tertiary/aromatic N) is 2. The fourth-order valence-electron chi connectivity index (χ4n) is 2.55. The summed E-state index contributed by atoms with van der Waals surface area (Å²) in [4.78, 5) is 8.66. The monoisotopic (exact) mass is 306 g/mol. The van der Waals surface area contributed by atoms with E-state index in [9.17, 15) is 0 Å². The smallest absolute Gasteiger partial charge is 0.218 e. The molecule has 2 radical (unpaired) electrons. The van der Waals surface area contributed by atoms with Crippen LogP contribution in [0.5, 0.6) is 0 Å². The summed E-state index contributed by atoms with van der Waals surface area (Å²) in [6.45, 7) is 2.20. The molecule has 0 aliphatic carbocycles. The maximum atomic E-state index is 6.06. The molecule has 3 aromatic rings. The molecule has 3 rings (SSSR count). The summed E-state index contributed by atoms with van der Waals surface area (Å²) >= 11 is 6.06. The molecule has 0 amide bonds. The first-order valence-electron chi connectivity index (χ1n) is 7.49. The zero-order valence-corrected chi connectivity index (χ0v) is 13.3. The first-order valence-corrected chi connectivity index (χ1v) is 7.87. The van der Waals surface area contributed by atoms with E-state index in [1.54, 1.807) is 0 Å². The molecule has 22 heavy (non-hydrogen) atoms. The number of aryl methyl sites for hydroxylation is 1. The van der Waals surface area contributed by atoms with Crippen LogP contribution in [0.15, 0.2) is 42.5 Å². The summed E-state index contributed by atoms with van der Waals surface area (Å²) in [5.41, 5.74) is 4.69. The number of halogens is 1. The quantitative estimate of drug-likeness (QED) is 0.536. The molecule has 0 spiro atoms. The second-order valence-electron chi connectivity index (χ2n) is 5.42. The summed E-state index contributed by atoms with van der Waals surface area (Å²) in [6.07, 6.45) is 3.51. The van der Waals surface area contributed by atoms with Gasteiger partial charge in [-0.1, -0.05) is 55.2 Å². The van der Waals surface area contributed by atoms with E-state index in [-0.39, 0.29) is 5.28 Å². The number of hydrogen-bond acceptors (Lipinski definition) is 2. The zero-order valence-electron chi connectivity index (χ0n) is 12.5. The fraction of sp³-hybridized carbons (Fsp3) is 0.222. The Labute approximate surface area is 137 Å². The number of hydrogen-bond donors (Lipinski definition) is 0. The Balaban J connectivity index is 2.07. The molecule has 0 fully saturated rings. The maximum Gasteiger partial charge on any atom is 0.223 e. The topological polar surface area (TPSA) is 25.8 Å². The van der Waals surface area contributed by atoms with Crippen molar-refractivity contribution in [2.24, 2.45) is 0 Å². The molecule has 0 saturated carbocycles. The van der Waals surface area contributed by atoms with Gasteiger partial charge in [0.2, 0.25) is 5.28 Å². The lowest BCUT2D eigenvalue weighted by Gasteiger charge is -2.08. The molecule has 0 saturated heterocycles. The van der Waals surface area contributed by atoms with Crippen LogP contribution in [0, 0.1) is 0 Å². The molecule has 108 valence electrons. The molecule has 0 unspecified atom stereocenters. The number of benzene rings is 2. The van der Waals surface area contributed by atoms with Gasteiger partial charge in [-0.25, -0.2) is 9.97 Å². The van der Waals surface area contributed by atoms with Crippen molar-refractivity contribution in [1.29, 1.82) is 0 Å². The van der Waals surface area contributed by atoms with Crippen LogP contribution in [0.2, 0.25) is 5.28 Å². The van der Waals surface area contributed by atoms with E-state index in [1.807, 2.05) is 18.2 Å². The van der Waals surface area contributed by atoms with Gasteiger partial charge in [0.1, 0.15) is 7.85 Å². The van der Waals surface area contributed by atoms with Crippen LogP contribution in [0.1, 0.15) is 25.3 Å². The number of unbranched alkanes of at least 4 members (excludes halogenated alkanes) is 1. The minimum absolute atomic E-state index is 0.252. The zero-order chi connectivity index (χ0) is 15.5. The van der Waals surface area contributed by atoms with Crippen LogP contribution < -0.4 is 5.46 Å². The molecule has 0 aliphatic heterocycles. The first kappa shape index (κ1) is 15.0. The molecule has 0 N–H and O–H groups in total. The average Bonchev–Trinajstić information content (AvgIpc) is 2.53. The third kappa shape index (κ3) is 3.15. The van der Waals surface area contributed by atoms with Crippen molar-refractivity contribution in [1.82, 2.24) is 9.97 Å². The predicted molar refractivity (Wildman–Crippen MR) is 94.0 cm³/mol. The van der Waals surface area contributed by atoms with Crippen LogP contribution in [0.3, 0.4) is 0 Å². The van der Waals surface area contributed by atoms with Gasteiger partial charge in [-0.05, 0) is 36.1 Å².